The number of hydrogen-bond acceptors (Lipinski definition) is 2. The number of aliphatic hydroxyl groups excluding tert-OH is 1. The van der Waals surface area contributed by atoms with Gasteiger partial charge in [-0.15, -0.1) is 0 Å². The van der Waals surface area contributed by atoms with Gasteiger partial charge in [0.15, 0.2) is 0 Å². The highest BCUT2D eigenvalue weighted by molar-refractivity contribution is 7.97. The first kappa shape index (κ1) is 15.6. The molecule has 1 nitrogen and oxygen atoms in total. The van der Waals surface area contributed by atoms with Gasteiger partial charge in [0.05, 0.1) is 0 Å². The van der Waals surface area contributed by atoms with Gasteiger partial charge in [0.2, 0.25) is 0 Å². The zero-order valence-corrected chi connectivity index (χ0v) is 12.7. The van der Waals surface area contributed by atoms with Crippen molar-refractivity contribution in [1.82, 2.24) is 0 Å². The Balaban J connectivity index is 2.02. The van der Waals surface area contributed by atoms with Crippen LogP contribution in [-0.2, 0) is 11.5 Å². The largest absolute Gasteiger partial charge is 0.384 e. The Labute approximate surface area is 129 Å². The number of thioether (sulfide) groups is 1. The van der Waals surface area contributed by atoms with Crippen molar-refractivity contribution in [1.29, 1.82) is 0 Å². The third kappa shape index (κ3) is 4.93. The normalized spacial score (nSPS) is 10.0. The number of halogens is 1. The predicted molar refractivity (Wildman–Crippen MR) is 86.5 cm³/mol. The fraction of sp³-hybridized carbons (Fsp3) is 0.222. The van der Waals surface area contributed by atoms with Crippen molar-refractivity contribution in [3.8, 4) is 11.8 Å². The first-order valence-electron chi connectivity index (χ1n) is 6.70. The Bertz CT molecular complexity index is 670. The van der Waals surface area contributed by atoms with E-state index in [1.54, 1.807) is 17.8 Å². The van der Waals surface area contributed by atoms with Crippen LogP contribution in [0.3, 0.4) is 0 Å². The van der Waals surface area contributed by atoms with Crippen LogP contribution >= 0.6 is 11.8 Å². The summed E-state index contributed by atoms with van der Waals surface area (Å²) in [4.78, 5) is 0. The zero-order chi connectivity index (χ0) is 15.1. The summed E-state index contributed by atoms with van der Waals surface area (Å²) < 4.78 is 13.3. The van der Waals surface area contributed by atoms with Crippen LogP contribution in [0.15, 0.2) is 42.5 Å². The fourth-order valence-corrected chi connectivity index (χ4v) is 3.00. The van der Waals surface area contributed by atoms with Crippen LogP contribution in [0.1, 0.15) is 22.3 Å². The van der Waals surface area contributed by atoms with E-state index in [2.05, 4.69) is 43.0 Å². The van der Waals surface area contributed by atoms with Crippen molar-refractivity contribution in [3.63, 3.8) is 0 Å². The van der Waals surface area contributed by atoms with Gasteiger partial charge in [-0.3, -0.25) is 0 Å². The molecule has 108 valence electrons. The van der Waals surface area contributed by atoms with E-state index >= 15 is 0 Å². The Kier molecular flexibility index (Phi) is 5.86. The van der Waals surface area contributed by atoms with E-state index < -0.39 is 0 Å². The van der Waals surface area contributed by atoms with Crippen LogP contribution in [0.5, 0.6) is 0 Å². The smallest absolute Gasteiger partial charge is 0.124 e. The molecular formula is C18H17FOS. The van der Waals surface area contributed by atoms with Crippen LogP contribution in [0.2, 0.25) is 0 Å². The average molecular weight is 300 g/mol. The van der Waals surface area contributed by atoms with Gasteiger partial charge < -0.3 is 5.11 Å². The van der Waals surface area contributed by atoms with E-state index in [-0.39, 0.29) is 12.4 Å². The van der Waals surface area contributed by atoms with Crippen molar-refractivity contribution in [2.24, 2.45) is 0 Å². The number of benzene rings is 2. The molecule has 0 unspecified atom stereocenters. The lowest BCUT2D eigenvalue weighted by Gasteiger charge is -2.06. The van der Waals surface area contributed by atoms with E-state index in [1.807, 2.05) is 0 Å². The molecule has 0 heterocycles. The Morgan fingerprint density at radius 2 is 2.00 bits per heavy atom. The molecule has 0 aromatic heterocycles. The zero-order valence-electron chi connectivity index (χ0n) is 11.9. The summed E-state index contributed by atoms with van der Waals surface area (Å²) in [5, 5.41) is 8.77. The summed E-state index contributed by atoms with van der Waals surface area (Å²) in [5.41, 5.74) is 4.19. The molecule has 0 aliphatic carbocycles. The van der Waals surface area contributed by atoms with Crippen LogP contribution in [0.25, 0.3) is 0 Å². The van der Waals surface area contributed by atoms with Gasteiger partial charge in [-0.05, 0) is 30.2 Å². The lowest BCUT2D eigenvalue weighted by atomic mass is 10.1. The molecule has 0 fully saturated rings. The molecule has 2 rings (SSSR count). The van der Waals surface area contributed by atoms with Crippen LogP contribution in [0.4, 0.5) is 4.39 Å². The highest BCUT2D eigenvalue weighted by Gasteiger charge is 2.03. The molecule has 1 N–H and O–H groups in total. The maximum atomic E-state index is 13.3. The molecule has 0 saturated carbocycles. The van der Waals surface area contributed by atoms with Gasteiger partial charge >= 0.3 is 0 Å². The lowest BCUT2D eigenvalue weighted by Crippen LogP contribution is -1.91. The minimum atomic E-state index is -0.301. The van der Waals surface area contributed by atoms with Crippen LogP contribution < -0.4 is 0 Å². The molecule has 0 atom stereocenters. The van der Waals surface area contributed by atoms with Crippen LogP contribution in [0, 0.1) is 24.6 Å². The van der Waals surface area contributed by atoms with Gasteiger partial charge in [-0.2, -0.15) is 11.8 Å². The highest BCUT2D eigenvalue weighted by Crippen LogP contribution is 2.21. The summed E-state index contributed by atoms with van der Waals surface area (Å²) in [5.74, 6) is 6.76. The molecule has 2 aromatic rings. The van der Waals surface area contributed by atoms with E-state index in [9.17, 15) is 4.39 Å². The van der Waals surface area contributed by atoms with Crippen molar-refractivity contribution in [3.05, 3.63) is 70.5 Å². The fourth-order valence-electron chi connectivity index (χ4n) is 2.01. The van der Waals surface area contributed by atoms with E-state index in [1.165, 1.54) is 23.3 Å². The second-order valence-electron chi connectivity index (χ2n) is 4.74. The molecular weight excluding hydrogens is 283 g/mol. The third-order valence-corrected chi connectivity index (χ3v) is 4.04. The van der Waals surface area contributed by atoms with Gasteiger partial charge in [0.25, 0.3) is 0 Å². The molecule has 0 aliphatic rings. The van der Waals surface area contributed by atoms with Gasteiger partial charge in [-0.25, -0.2) is 4.39 Å². The van der Waals surface area contributed by atoms with Crippen molar-refractivity contribution in [2.75, 3.05) is 6.61 Å². The third-order valence-electron chi connectivity index (χ3n) is 2.98. The van der Waals surface area contributed by atoms with E-state index in [4.69, 9.17) is 5.11 Å². The second-order valence-corrected chi connectivity index (χ2v) is 5.73. The minimum absolute atomic E-state index is 0.216. The first-order valence-corrected chi connectivity index (χ1v) is 7.86. The molecule has 2 aromatic carbocycles. The van der Waals surface area contributed by atoms with Gasteiger partial charge in [0, 0.05) is 17.1 Å². The van der Waals surface area contributed by atoms with E-state index in [0.717, 1.165) is 17.1 Å². The maximum Gasteiger partial charge on any atom is 0.124 e. The summed E-state index contributed by atoms with van der Waals surface area (Å²) in [6, 6.07) is 13.1. The minimum Gasteiger partial charge on any atom is -0.384 e. The number of hydrogen-bond donors (Lipinski definition) is 1. The predicted octanol–water partition coefficient (Wildman–Crippen LogP) is 3.91. The molecule has 0 amide bonds. The topological polar surface area (TPSA) is 20.2 Å². The first-order chi connectivity index (χ1) is 10.2. The Morgan fingerprint density at radius 3 is 2.76 bits per heavy atom. The second kappa shape index (κ2) is 7.87. The summed E-state index contributed by atoms with van der Waals surface area (Å²) in [7, 11) is 0. The summed E-state index contributed by atoms with van der Waals surface area (Å²) in [6.45, 7) is 1.86. The molecule has 0 aliphatic heterocycles. The summed E-state index contributed by atoms with van der Waals surface area (Å²) in [6.07, 6.45) is 0. The quantitative estimate of drug-likeness (QED) is 0.864. The summed E-state index contributed by atoms with van der Waals surface area (Å²) >= 11 is 1.77. The molecule has 0 radical (unpaired) electrons. The molecule has 0 saturated heterocycles. The van der Waals surface area contributed by atoms with Gasteiger partial charge in [0.1, 0.15) is 12.4 Å². The monoisotopic (exact) mass is 300 g/mol. The average Bonchev–Trinajstić information content (AvgIpc) is 2.47. The Hall–Kier alpha value is -1.76. The van der Waals surface area contributed by atoms with Crippen LogP contribution in [-0.4, -0.2) is 11.7 Å². The molecule has 21 heavy (non-hydrogen) atoms. The maximum absolute atomic E-state index is 13.3. The number of rotatable bonds is 4. The lowest BCUT2D eigenvalue weighted by molar-refractivity contribution is 0.350. The van der Waals surface area contributed by atoms with Crippen molar-refractivity contribution in [2.45, 2.75) is 18.4 Å². The number of aliphatic hydroxyl groups is 1. The molecule has 3 heteroatoms. The number of aryl methyl sites for hydroxylation is 1. The standard InChI is InChI=1S/C18H17FOS/c1-14-4-2-5-15(10-14)12-21-13-17-7-8-18(19)11-16(17)6-3-9-20/h2,4-5,7-8,10-11,20H,9,12-13H2,1H3. The SMILES string of the molecule is Cc1cccc(CSCc2ccc(F)cc2C#CCO)c1. The Morgan fingerprint density at radius 1 is 1.14 bits per heavy atom. The van der Waals surface area contributed by atoms with Gasteiger partial charge in [-0.1, -0.05) is 47.7 Å². The van der Waals surface area contributed by atoms with Crippen molar-refractivity contribution < 1.29 is 9.50 Å². The molecule has 0 spiro atoms. The van der Waals surface area contributed by atoms with E-state index in [0.29, 0.717) is 5.56 Å². The molecule has 0 bridgehead atoms. The van der Waals surface area contributed by atoms with Crippen molar-refractivity contribution >= 4 is 11.8 Å². The highest BCUT2D eigenvalue weighted by atomic mass is 32.2.